The van der Waals surface area contributed by atoms with Crippen molar-refractivity contribution >= 4 is 11.7 Å². The van der Waals surface area contributed by atoms with Crippen LogP contribution < -0.4 is 4.74 Å². The summed E-state index contributed by atoms with van der Waals surface area (Å²) in [7, 11) is 0. The lowest BCUT2D eigenvalue weighted by molar-refractivity contribution is -0.386. The number of hydrogen-bond donors (Lipinski definition) is 0. The van der Waals surface area contributed by atoms with Gasteiger partial charge in [-0.25, -0.2) is 0 Å². The van der Waals surface area contributed by atoms with Crippen LogP contribution in [0.2, 0.25) is 0 Å². The molecule has 0 saturated carbocycles. The summed E-state index contributed by atoms with van der Waals surface area (Å²) in [5.41, 5.74) is 1.71. The van der Waals surface area contributed by atoms with Crippen molar-refractivity contribution in [1.82, 2.24) is 0 Å². The summed E-state index contributed by atoms with van der Waals surface area (Å²) < 4.78 is 4.98. The highest BCUT2D eigenvalue weighted by Gasteiger charge is 2.20. The van der Waals surface area contributed by atoms with Gasteiger partial charge in [0.2, 0.25) is 0 Å². The number of nitro groups is 1. The van der Waals surface area contributed by atoms with Crippen LogP contribution in [-0.4, -0.2) is 10.9 Å². The molecule has 0 saturated heterocycles. The van der Waals surface area contributed by atoms with E-state index in [1.165, 1.54) is 13.0 Å². The molecule has 0 spiro atoms. The van der Waals surface area contributed by atoms with Crippen LogP contribution in [0.4, 0.5) is 5.69 Å². The lowest BCUT2D eigenvalue weighted by Gasteiger charge is -2.10. The maximum absolute atomic E-state index is 10.9. The SMILES string of the molecule is CC(=O)Oc1cc(C)c([N+](=O)[O-])c(C)c1C. The molecular weight excluding hydrogens is 210 g/mol. The first-order chi connectivity index (χ1) is 7.34. The Balaban J connectivity index is 3.39. The number of carbonyl (C=O) groups is 1. The lowest BCUT2D eigenvalue weighted by atomic mass is 10.0. The summed E-state index contributed by atoms with van der Waals surface area (Å²) in [6.45, 7) is 6.26. The Hall–Kier alpha value is -1.91. The molecule has 0 aliphatic heterocycles. The van der Waals surface area contributed by atoms with Crippen LogP contribution in [0.5, 0.6) is 5.75 Å². The van der Waals surface area contributed by atoms with Gasteiger partial charge in [0.05, 0.1) is 4.92 Å². The fraction of sp³-hybridized carbons (Fsp3) is 0.364. The molecule has 5 heteroatoms. The number of benzene rings is 1. The molecule has 1 rings (SSSR count). The van der Waals surface area contributed by atoms with Gasteiger partial charge in [-0.1, -0.05) is 0 Å². The molecule has 0 aliphatic carbocycles. The molecule has 0 fully saturated rings. The molecule has 0 aliphatic rings. The topological polar surface area (TPSA) is 69.4 Å². The molecular formula is C11H13NO4. The van der Waals surface area contributed by atoms with Crippen LogP contribution in [-0.2, 0) is 4.79 Å². The minimum atomic E-state index is -0.434. The first-order valence-electron chi connectivity index (χ1n) is 4.78. The first-order valence-corrected chi connectivity index (χ1v) is 4.78. The Morgan fingerprint density at radius 3 is 2.31 bits per heavy atom. The van der Waals surface area contributed by atoms with Crippen molar-refractivity contribution in [2.75, 3.05) is 0 Å². The number of rotatable bonds is 2. The summed E-state index contributed by atoms with van der Waals surface area (Å²) in [4.78, 5) is 21.3. The van der Waals surface area contributed by atoms with Crippen LogP contribution in [0.15, 0.2) is 6.07 Å². The van der Waals surface area contributed by atoms with E-state index in [-0.39, 0.29) is 5.69 Å². The molecule has 86 valence electrons. The minimum Gasteiger partial charge on any atom is -0.426 e. The van der Waals surface area contributed by atoms with Crippen molar-refractivity contribution in [1.29, 1.82) is 0 Å². The fourth-order valence-corrected chi connectivity index (χ4v) is 1.57. The first kappa shape index (κ1) is 12.2. The molecule has 0 unspecified atom stereocenters. The van der Waals surface area contributed by atoms with E-state index >= 15 is 0 Å². The molecule has 0 atom stereocenters. The van der Waals surface area contributed by atoms with Crippen LogP contribution in [0.1, 0.15) is 23.6 Å². The third kappa shape index (κ3) is 2.18. The normalized spacial score (nSPS) is 10.0. The Morgan fingerprint density at radius 1 is 1.31 bits per heavy atom. The van der Waals surface area contributed by atoms with E-state index in [2.05, 4.69) is 0 Å². The average molecular weight is 223 g/mol. The van der Waals surface area contributed by atoms with E-state index in [9.17, 15) is 14.9 Å². The second-order valence-corrected chi connectivity index (χ2v) is 3.64. The van der Waals surface area contributed by atoms with Gasteiger partial charge in [0.15, 0.2) is 0 Å². The highest BCUT2D eigenvalue weighted by molar-refractivity contribution is 5.71. The fourth-order valence-electron chi connectivity index (χ4n) is 1.57. The molecule has 0 bridgehead atoms. The number of hydrogen-bond acceptors (Lipinski definition) is 4. The average Bonchev–Trinajstić information content (AvgIpc) is 2.12. The van der Waals surface area contributed by atoms with Crippen molar-refractivity contribution in [2.45, 2.75) is 27.7 Å². The summed E-state index contributed by atoms with van der Waals surface area (Å²) >= 11 is 0. The zero-order valence-electron chi connectivity index (χ0n) is 9.66. The van der Waals surface area contributed by atoms with Crippen molar-refractivity contribution in [3.63, 3.8) is 0 Å². The van der Waals surface area contributed by atoms with Gasteiger partial charge in [0, 0.05) is 23.6 Å². The van der Waals surface area contributed by atoms with Crippen molar-refractivity contribution in [3.05, 3.63) is 32.9 Å². The predicted octanol–water partition coefficient (Wildman–Crippen LogP) is 2.45. The van der Waals surface area contributed by atoms with Crippen LogP contribution in [0.3, 0.4) is 0 Å². The van der Waals surface area contributed by atoms with Gasteiger partial charge in [-0.2, -0.15) is 0 Å². The molecule has 5 nitrogen and oxygen atoms in total. The lowest BCUT2D eigenvalue weighted by Crippen LogP contribution is -2.06. The van der Waals surface area contributed by atoms with Crippen LogP contribution in [0.25, 0.3) is 0 Å². The van der Waals surface area contributed by atoms with E-state index in [0.29, 0.717) is 22.4 Å². The van der Waals surface area contributed by atoms with E-state index < -0.39 is 10.9 Å². The van der Waals surface area contributed by atoms with Gasteiger partial charge in [-0.05, 0) is 26.8 Å². The molecule has 0 N–H and O–H groups in total. The monoisotopic (exact) mass is 223 g/mol. The molecule has 0 radical (unpaired) electrons. The number of carbonyl (C=O) groups excluding carboxylic acids is 1. The van der Waals surface area contributed by atoms with Gasteiger partial charge in [-0.3, -0.25) is 14.9 Å². The summed E-state index contributed by atoms with van der Waals surface area (Å²) in [6, 6.07) is 1.52. The summed E-state index contributed by atoms with van der Waals surface area (Å²) in [6.07, 6.45) is 0. The highest BCUT2D eigenvalue weighted by Crippen LogP contribution is 2.32. The molecule has 1 aromatic carbocycles. The summed E-state index contributed by atoms with van der Waals surface area (Å²) in [5, 5.41) is 10.8. The quantitative estimate of drug-likeness (QED) is 0.334. The predicted molar refractivity (Wildman–Crippen MR) is 58.6 cm³/mol. The van der Waals surface area contributed by atoms with E-state index in [1.807, 2.05) is 0 Å². The smallest absolute Gasteiger partial charge is 0.308 e. The molecule has 0 amide bonds. The maximum atomic E-state index is 10.9. The number of nitro benzene ring substituents is 1. The molecule has 1 aromatic rings. The zero-order chi connectivity index (χ0) is 12.5. The third-order valence-corrected chi connectivity index (χ3v) is 2.44. The Morgan fingerprint density at radius 2 is 1.88 bits per heavy atom. The number of nitrogens with zero attached hydrogens (tertiary/aromatic N) is 1. The number of ether oxygens (including phenoxy) is 1. The van der Waals surface area contributed by atoms with Gasteiger partial charge in [0.1, 0.15) is 5.75 Å². The van der Waals surface area contributed by atoms with Crippen molar-refractivity contribution in [2.24, 2.45) is 0 Å². The molecule has 0 aromatic heterocycles. The summed E-state index contributed by atoms with van der Waals surface area (Å²) in [5.74, 6) is -0.0520. The Kier molecular flexibility index (Phi) is 3.27. The highest BCUT2D eigenvalue weighted by atomic mass is 16.6. The minimum absolute atomic E-state index is 0.0772. The van der Waals surface area contributed by atoms with E-state index in [1.54, 1.807) is 20.8 Å². The number of aryl methyl sites for hydroxylation is 1. The van der Waals surface area contributed by atoms with E-state index in [0.717, 1.165) is 0 Å². The van der Waals surface area contributed by atoms with Crippen molar-refractivity contribution < 1.29 is 14.5 Å². The Bertz CT molecular complexity index is 466. The van der Waals surface area contributed by atoms with Gasteiger partial charge < -0.3 is 4.74 Å². The van der Waals surface area contributed by atoms with E-state index in [4.69, 9.17) is 4.74 Å². The second kappa shape index (κ2) is 4.30. The number of esters is 1. The molecule has 16 heavy (non-hydrogen) atoms. The van der Waals surface area contributed by atoms with Gasteiger partial charge in [0.25, 0.3) is 5.69 Å². The zero-order valence-corrected chi connectivity index (χ0v) is 9.66. The standard InChI is InChI=1S/C11H13NO4/c1-6-5-10(16-9(4)13)7(2)8(3)11(6)12(14)15/h5H,1-4H3. The van der Waals surface area contributed by atoms with Crippen LogP contribution >= 0.6 is 0 Å². The molecule has 0 heterocycles. The third-order valence-electron chi connectivity index (χ3n) is 2.44. The van der Waals surface area contributed by atoms with Gasteiger partial charge >= 0.3 is 5.97 Å². The van der Waals surface area contributed by atoms with Crippen LogP contribution in [0, 0.1) is 30.9 Å². The second-order valence-electron chi connectivity index (χ2n) is 3.64. The van der Waals surface area contributed by atoms with Gasteiger partial charge in [-0.15, -0.1) is 0 Å². The largest absolute Gasteiger partial charge is 0.426 e. The maximum Gasteiger partial charge on any atom is 0.308 e. The Labute approximate surface area is 93.2 Å². The van der Waals surface area contributed by atoms with Crippen molar-refractivity contribution in [3.8, 4) is 5.75 Å².